The highest BCUT2D eigenvalue weighted by molar-refractivity contribution is 6.01. The number of hydrogen-bond donors (Lipinski definition) is 0. The summed E-state index contributed by atoms with van der Waals surface area (Å²) in [6.45, 7) is 2.64. The first-order chi connectivity index (χ1) is 11.4. The van der Waals surface area contributed by atoms with Crippen molar-refractivity contribution in [2.45, 2.75) is 40.2 Å². The Kier molecular flexibility index (Phi) is 5.59. The molecule has 0 spiro atoms. The van der Waals surface area contributed by atoms with Crippen molar-refractivity contribution in [3.63, 3.8) is 0 Å². The van der Waals surface area contributed by atoms with Crippen LogP contribution in [0.3, 0.4) is 0 Å². The van der Waals surface area contributed by atoms with Gasteiger partial charge in [-0.15, -0.1) is 0 Å². The lowest BCUT2D eigenvalue weighted by Crippen LogP contribution is -2.11. The number of Topliss-reactive ketones (excluding diaryl/α,β-unsaturated/α-hetero) is 1. The minimum absolute atomic E-state index is 0.0610. The summed E-state index contributed by atoms with van der Waals surface area (Å²) in [7, 11) is 1.41. The van der Waals surface area contributed by atoms with Crippen LogP contribution < -0.4 is 9.47 Å². The van der Waals surface area contributed by atoms with Gasteiger partial charge >= 0.3 is 6.61 Å². The molecule has 0 saturated heterocycles. The number of halogens is 2. The molecule has 6 heteroatoms. The van der Waals surface area contributed by atoms with Crippen LogP contribution in [0.1, 0.15) is 41.5 Å². The first kappa shape index (κ1) is 18.0. The van der Waals surface area contributed by atoms with E-state index in [0.29, 0.717) is 12.1 Å². The van der Waals surface area contributed by atoms with E-state index in [1.165, 1.54) is 13.2 Å². The molecule has 0 aliphatic heterocycles. The number of methoxy groups -OCH3 is 1. The quantitative estimate of drug-likeness (QED) is 0.688. The second kappa shape index (κ2) is 7.47. The van der Waals surface area contributed by atoms with E-state index in [2.05, 4.69) is 4.74 Å². The molecule has 2 rings (SSSR count). The summed E-state index contributed by atoms with van der Waals surface area (Å²) in [4.78, 5) is 12.3. The van der Waals surface area contributed by atoms with E-state index in [-0.39, 0.29) is 29.3 Å². The van der Waals surface area contributed by atoms with Crippen molar-refractivity contribution in [3.05, 3.63) is 41.2 Å². The third-order valence-electron chi connectivity index (χ3n) is 3.77. The minimum Gasteiger partial charge on any atom is -0.496 e. The van der Waals surface area contributed by atoms with Crippen LogP contribution >= 0.6 is 0 Å². The van der Waals surface area contributed by atoms with Gasteiger partial charge in [-0.25, -0.2) is 0 Å². The molecular weight excluding hydrogens is 316 g/mol. The van der Waals surface area contributed by atoms with Gasteiger partial charge in [0, 0.05) is 29.9 Å². The van der Waals surface area contributed by atoms with Crippen LogP contribution in [0.2, 0.25) is 0 Å². The number of ketones is 1. The van der Waals surface area contributed by atoms with Crippen molar-refractivity contribution in [1.29, 1.82) is 0 Å². The van der Waals surface area contributed by atoms with Gasteiger partial charge in [0.05, 0.1) is 12.8 Å². The van der Waals surface area contributed by atoms with Crippen LogP contribution in [0.4, 0.5) is 8.78 Å². The SMILES string of the molecule is CCCC(=O)c1c(OC)cc(-n2c(C)ccc2C)cc1OC(F)F. The van der Waals surface area contributed by atoms with E-state index in [9.17, 15) is 13.6 Å². The molecule has 4 nitrogen and oxygen atoms in total. The Morgan fingerprint density at radius 3 is 2.25 bits per heavy atom. The average molecular weight is 337 g/mol. The van der Waals surface area contributed by atoms with Crippen LogP contribution in [-0.2, 0) is 0 Å². The van der Waals surface area contributed by atoms with E-state index in [1.807, 2.05) is 37.5 Å². The predicted octanol–water partition coefficient (Wildman–Crippen LogP) is 4.69. The maximum Gasteiger partial charge on any atom is 0.387 e. The molecule has 2 aromatic rings. The molecule has 0 N–H and O–H groups in total. The van der Waals surface area contributed by atoms with Gasteiger partial charge < -0.3 is 14.0 Å². The first-order valence-corrected chi connectivity index (χ1v) is 7.74. The Balaban J connectivity index is 2.67. The minimum atomic E-state index is -3.02. The van der Waals surface area contributed by atoms with Crippen molar-refractivity contribution < 1.29 is 23.0 Å². The molecular formula is C18H21F2NO3. The van der Waals surface area contributed by atoms with E-state index in [4.69, 9.17) is 4.74 Å². The Hall–Kier alpha value is -2.37. The second-order valence-electron chi connectivity index (χ2n) is 5.52. The van der Waals surface area contributed by atoms with E-state index < -0.39 is 6.61 Å². The molecule has 0 amide bonds. The molecule has 0 radical (unpaired) electrons. The maximum atomic E-state index is 12.8. The van der Waals surface area contributed by atoms with Gasteiger partial charge in [-0.2, -0.15) is 8.78 Å². The molecule has 24 heavy (non-hydrogen) atoms. The summed E-state index contributed by atoms with van der Waals surface area (Å²) in [5.41, 5.74) is 2.54. The van der Waals surface area contributed by atoms with Crippen molar-refractivity contribution in [2.24, 2.45) is 0 Å². The Bertz CT molecular complexity index is 719. The van der Waals surface area contributed by atoms with E-state index >= 15 is 0 Å². The van der Waals surface area contributed by atoms with Crippen LogP contribution in [0.15, 0.2) is 24.3 Å². The molecule has 0 saturated carbocycles. The number of hydrogen-bond acceptors (Lipinski definition) is 3. The van der Waals surface area contributed by atoms with Gasteiger partial charge in [-0.1, -0.05) is 6.92 Å². The highest BCUT2D eigenvalue weighted by atomic mass is 19.3. The van der Waals surface area contributed by atoms with Crippen LogP contribution in [-0.4, -0.2) is 24.1 Å². The molecule has 0 bridgehead atoms. The second-order valence-corrected chi connectivity index (χ2v) is 5.52. The summed E-state index contributed by atoms with van der Waals surface area (Å²) < 4.78 is 37.5. The Morgan fingerprint density at radius 1 is 1.17 bits per heavy atom. The Morgan fingerprint density at radius 2 is 1.75 bits per heavy atom. The number of aromatic nitrogens is 1. The van der Waals surface area contributed by atoms with Crippen LogP contribution in [0.5, 0.6) is 11.5 Å². The zero-order valence-corrected chi connectivity index (χ0v) is 14.2. The van der Waals surface area contributed by atoms with Crippen molar-refractivity contribution >= 4 is 5.78 Å². The number of nitrogens with zero attached hydrogens (tertiary/aromatic N) is 1. The predicted molar refractivity (Wildman–Crippen MR) is 87.7 cm³/mol. The number of carbonyl (C=O) groups excluding carboxylic acids is 1. The van der Waals surface area contributed by atoms with Crippen LogP contribution in [0.25, 0.3) is 5.69 Å². The molecule has 1 aromatic heterocycles. The number of rotatable bonds is 7. The van der Waals surface area contributed by atoms with E-state index in [1.54, 1.807) is 6.07 Å². The number of carbonyl (C=O) groups is 1. The standard InChI is InChI=1S/C18H21F2NO3/c1-5-6-14(22)17-15(23-4)9-13(10-16(17)24-18(19)20)21-11(2)7-8-12(21)3/h7-10,18H,5-6H2,1-4H3. The first-order valence-electron chi connectivity index (χ1n) is 7.74. The smallest absolute Gasteiger partial charge is 0.387 e. The monoisotopic (exact) mass is 337 g/mol. The van der Waals surface area contributed by atoms with Gasteiger partial charge in [-0.05, 0) is 32.4 Å². The molecule has 0 atom stereocenters. The average Bonchev–Trinajstić information content (AvgIpc) is 2.85. The van der Waals surface area contributed by atoms with Crippen molar-refractivity contribution in [2.75, 3.05) is 7.11 Å². The molecule has 130 valence electrons. The third kappa shape index (κ3) is 3.58. The van der Waals surface area contributed by atoms with Crippen molar-refractivity contribution in [1.82, 2.24) is 4.57 Å². The van der Waals surface area contributed by atoms with Gasteiger partial charge in [0.25, 0.3) is 0 Å². The molecule has 0 fully saturated rings. The van der Waals surface area contributed by atoms with Gasteiger partial charge in [0.1, 0.15) is 17.1 Å². The third-order valence-corrected chi connectivity index (χ3v) is 3.77. The van der Waals surface area contributed by atoms with Crippen LogP contribution in [0, 0.1) is 13.8 Å². The lowest BCUT2D eigenvalue weighted by Gasteiger charge is -2.18. The highest BCUT2D eigenvalue weighted by Crippen LogP contribution is 2.35. The zero-order valence-electron chi connectivity index (χ0n) is 14.2. The van der Waals surface area contributed by atoms with Crippen molar-refractivity contribution in [3.8, 4) is 17.2 Å². The molecule has 1 heterocycles. The maximum absolute atomic E-state index is 12.8. The lowest BCUT2D eigenvalue weighted by molar-refractivity contribution is -0.0502. The fourth-order valence-electron chi connectivity index (χ4n) is 2.76. The van der Waals surface area contributed by atoms with Gasteiger partial charge in [0.2, 0.25) is 0 Å². The summed E-state index contributed by atoms with van der Waals surface area (Å²) in [5, 5.41) is 0. The lowest BCUT2D eigenvalue weighted by atomic mass is 10.0. The molecule has 0 unspecified atom stereocenters. The summed E-state index contributed by atoms with van der Waals surface area (Å²) in [6.07, 6.45) is 0.838. The van der Waals surface area contributed by atoms with Gasteiger partial charge in [-0.3, -0.25) is 4.79 Å². The number of benzene rings is 1. The summed E-state index contributed by atoms with van der Waals surface area (Å²) >= 11 is 0. The molecule has 0 aliphatic carbocycles. The molecule has 0 aliphatic rings. The Labute approximate surface area is 140 Å². The normalized spacial score (nSPS) is 11.0. The fraction of sp³-hybridized carbons (Fsp3) is 0.389. The highest BCUT2D eigenvalue weighted by Gasteiger charge is 2.22. The number of aryl methyl sites for hydroxylation is 2. The fourth-order valence-corrected chi connectivity index (χ4v) is 2.76. The largest absolute Gasteiger partial charge is 0.496 e. The topological polar surface area (TPSA) is 40.5 Å². The summed E-state index contributed by atoms with van der Waals surface area (Å²) in [6, 6.07) is 6.97. The summed E-state index contributed by atoms with van der Waals surface area (Å²) in [5.74, 6) is -0.211. The van der Waals surface area contributed by atoms with E-state index in [0.717, 1.165) is 11.4 Å². The van der Waals surface area contributed by atoms with Gasteiger partial charge in [0.15, 0.2) is 5.78 Å². The number of ether oxygens (including phenoxy) is 2. The molecule has 1 aromatic carbocycles. The number of alkyl halides is 2. The zero-order chi connectivity index (χ0) is 17.9.